The molecule has 0 bridgehead atoms. The fraction of sp³-hybridized carbons (Fsp3) is 0.795. The molecule has 0 aliphatic rings. The lowest BCUT2D eigenvalue weighted by Crippen LogP contribution is -2.40. The third kappa shape index (κ3) is 35.8. The maximum Gasteiger partial charge on any atom is 0.326 e. The molecule has 0 aliphatic heterocycles. The second-order valence-electron chi connectivity index (χ2n) is 14.4. The van der Waals surface area contributed by atoms with Gasteiger partial charge in [0, 0.05) is 12.8 Å². The first-order chi connectivity index (χ1) is 24.9. The first kappa shape index (κ1) is 48.6. The van der Waals surface area contributed by atoms with Crippen LogP contribution in [0, 0.1) is 0 Å². The normalized spacial score (nSPS) is 13.0. The number of ether oxygens (including phenoxy) is 1. The van der Waals surface area contributed by atoms with Gasteiger partial charge >= 0.3 is 11.9 Å². The maximum absolute atomic E-state index is 12.7. The van der Waals surface area contributed by atoms with Crippen LogP contribution in [0.2, 0.25) is 0 Å². The minimum atomic E-state index is -1.01. The number of rotatable bonds is 38. The second kappa shape index (κ2) is 38.8. The van der Waals surface area contributed by atoms with Gasteiger partial charge in [0.25, 0.3) is 0 Å². The third-order valence-corrected chi connectivity index (χ3v) is 9.41. The quantitative estimate of drug-likeness (QED) is 0.0332. The van der Waals surface area contributed by atoms with Crippen molar-refractivity contribution in [1.82, 2.24) is 5.32 Å². The number of carbonyl (C=O) groups excluding carboxylic acids is 2. The molecule has 0 radical (unpaired) electrons. The van der Waals surface area contributed by atoms with Crippen molar-refractivity contribution in [2.45, 2.75) is 219 Å². The Morgan fingerprint density at radius 2 is 1.06 bits per heavy atom. The zero-order chi connectivity index (χ0) is 37.5. The summed E-state index contributed by atoms with van der Waals surface area (Å²) in [4.78, 5) is 36.3. The number of carboxylic acid groups (broad SMARTS) is 1. The highest BCUT2D eigenvalue weighted by molar-refractivity contribution is 5.83. The highest BCUT2D eigenvalue weighted by Crippen LogP contribution is 2.18. The summed E-state index contributed by atoms with van der Waals surface area (Å²) in [5, 5.41) is 11.9. The Kier molecular flexibility index (Phi) is 37.0. The highest BCUT2D eigenvalue weighted by Gasteiger charge is 2.19. The second-order valence-corrected chi connectivity index (χ2v) is 14.4. The monoisotopic (exact) mass is 717 g/mol. The average molecular weight is 717 g/mol. The van der Waals surface area contributed by atoms with E-state index in [1.54, 1.807) is 0 Å². The molecule has 0 saturated carbocycles. The van der Waals surface area contributed by atoms with Gasteiger partial charge in [0.15, 0.2) is 0 Å². The predicted molar refractivity (Wildman–Crippen MR) is 216 cm³/mol. The van der Waals surface area contributed by atoms with Gasteiger partial charge in [-0.1, -0.05) is 127 Å². The van der Waals surface area contributed by atoms with Gasteiger partial charge in [-0.25, -0.2) is 4.79 Å². The van der Waals surface area contributed by atoms with Gasteiger partial charge in [-0.15, -0.1) is 0 Å². The first-order valence-electron chi connectivity index (χ1n) is 21.3. The standard InChI is InChI=1S/C44H80N2O5/c1-3-5-7-9-11-13-15-16-17-18-19-20-22-25-29-34-40(51-43(48)38-32-28-23-21-14-12-10-8-6-4-2)35-30-26-24-27-31-37-42(47)46-41(44(49)50)36-33-39-45/h8,10,15-16,18-19,40-41H,3-7,9,11-14,17,20-39,45H2,1-2H3,(H,46,47)(H,49,50)/b10-8-,16-15-,19-18-. The Morgan fingerprint density at radius 1 is 0.569 bits per heavy atom. The average Bonchev–Trinajstić information content (AvgIpc) is 3.11. The Balaban J connectivity index is 4.39. The van der Waals surface area contributed by atoms with Gasteiger partial charge in [-0.2, -0.15) is 0 Å². The molecule has 2 unspecified atom stereocenters. The number of carboxylic acids is 1. The molecule has 0 aromatic carbocycles. The van der Waals surface area contributed by atoms with E-state index in [0.717, 1.165) is 89.9 Å². The molecule has 7 heteroatoms. The third-order valence-electron chi connectivity index (χ3n) is 9.41. The number of hydrogen-bond acceptors (Lipinski definition) is 5. The van der Waals surface area contributed by atoms with Crippen molar-refractivity contribution in [3.05, 3.63) is 36.5 Å². The SMILES string of the molecule is CCC/C=C\CCCCCCCC(=O)OC(CCCCC/C=C\C/C=C\CCCCCCC)CCCCCCCC(=O)NC(CCCN)C(=O)O. The maximum atomic E-state index is 12.7. The number of aliphatic carboxylic acids is 1. The van der Waals surface area contributed by atoms with E-state index in [1.165, 1.54) is 77.0 Å². The van der Waals surface area contributed by atoms with Gasteiger partial charge in [0.05, 0.1) is 0 Å². The van der Waals surface area contributed by atoms with Crippen LogP contribution in [0.1, 0.15) is 206 Å². The molecule has 0 aliphatic carbocycles. The Bertz CT molecular complexity index is 900. The molecule has 0 fully saturated rings. The fourth-order valence-corrected chi connectivity index (χ4v) is 6.19. The van der Waals surface area contributed by atoms with Crippen molar-refractivity contribution < 1.29 is 24.2 Å². The molecule has 0 spiro atoms. The van der Waals surface area contributed by atoms with E-state index in [4.69, 9.17) is 10.5 Å². The summed E-state index contributed by atoms with van der Waals surface area (Å²) in [6, 6.07) is -0.859. The van der Waals surface area contributed by atoms with Gasteiger partial charge in [0.2, 0.25) is 5.91 Å². The van der Waals surface area contributed by atoms with Crippen molar-refractivity contribution >= 4 is 17.8 Å². The summed E-state index contributed by atoms with van der Waals surface area (Å²) >= 11 is 0. The van der Waals surface area contributed by atoms with Gasteiger partial charge < -0.3 is 20.9 Å². The molecular formula is C44H80N2O5. The van der Waals surface area contributed by atoms with Gasteiger partial charge in [-0.3, -0.25) is 9.59 Å². The van der Waals surface area contributed by atoms with E-state index in [0.29, 0.717) is 32.2 Å². The zero-order valence-electron chi connectivity index (χ0n) is 33.2. The van der Waals surface area contributed by atoms with Crippen LogP contribution in [0.15, 0.2) is 36.5 Å². The van der Waals surface area contributed by atoms with Crippen LogP contribution in [-0.2, 0) is 19.1 Å². The van der Waals surface area contributed by atoms with E-state index < -0.39 is 12.0 Å². The van der Waals surface area contributed by atoms with Crippen molar-refractivity contribution in [2.75, 3.05) is 6.54 Å². The van der Waals surface area contributed by atoms with Crippen LogP contribution < -0.4 is 11.1 Å². The molecule has 0 aromatic rings. The lowest BCUT2D eigenvalue weighted by molar-refractivity contribution is -0.150. The Hall–Kier alpha value is -2.41. The number of hydrogen-bond donors (Lipinski definition) is 3. The van der Waals surface area contributed by atoms with Crippen molar-refractivity contribution in [2.24, 2.45) is 5.73 Å². The van der Waals surface area contributed by atoms with Crippen LogP contribution in [0.3, 0.4) is 0 Å². The zero-order valence-corrected chi connectivity index (χ0v) is 33.2. The molecule has 4 N–H and O–H groups in total. The molecule has 0 rings (SSSR count). The van der Waals surface area contributed by atoms with Crippen LogP contribution in [-0.4, -0.2) is 41.6 Å². The first-order valence-corrected chi connectivity index (χ1v) is 21.3. The molecule has 2 atom stereocenters. The number of carbonyl (C=O) groups is 3. The molecule has 0 saturated heterocycles. The molecule has 0 aromatic heterocycles. The number of unbranched alkanes of at least 4 members (excludes halogenated alkanes) is 18. The molecule has 296 valence electrons. The number of allylic oxidation sites excluding steroid dienone is 6. The van der Waals surface area contributed by atoms with E-state index in [-0.39, 0.29) is 18.0 Å². The van der Waals surface area contributed by atoms with E-state index in [1.807, 2.05) is 0 Å². The number of nitrogens with two attached hydrogens (primary N) is 1. The largest absolute Gasteiger partial charge is 0.480 e. The number of esters is 1. The van der Waals surface area contributed by atoms with E-state index >= 15 is 0 Å². The number of amides is 1. The fourth-order valence-electron chi connectivity index (χ4n) is 6.19. The summed E-state index contributed by atoms with van der Waals surface area (Å²) in [5.41, 5.74) is 5.48. The summed E-state index contributed by atoms with van der Waals surface area (Å²) < 4.78 is 6.02. The minimum absolute atomic E-state index is 0.0117. The Labute approximate surface area is 314 Å². The molecule has 51 heavy (non-hydrogen) atoms. The molecule has 7 nitrogen and oxygen atoms in total. The molecule has 0 heterocycles. The summed E-state index contributed by atoms with van der Waals surface area (Å²) in [5.74, 6) is -1.26. The summed E-state index contributed by atoms with van der Waals surface area (Å²) in [6.07, 6.45) is 44.7. The smallest absolute Gasteiger partial charge is 0.326 e. The van der Waals surface area contributed by atoms with Crippen LogP contribution in [0.25, 0.3) is 0 Å². The van der Waals surface area contributed by atoms with E-state index in [9.17, 15) is 19.5 Å². The predicted octanol–water partition coefficient (Wildman–Crippen LogP) is 11.8. The van der Waals surface area contributed by atoms with Crippen molar-refractivity contribution in [1.29, 1.82) is 0 Å². The lowest BCUT2D eigenvalue weighted by atomic mass is 10.0. The highest BCUT2D eigenvalue weighted by atomic mass is 16.5. The van der Waals surface area contributed by atoms with E-state index in [2.05, 4.69) is 55.6 Å². The summed E-state index contributed by atoms with van der Waals surface area (Å²) in [6.45, 7) is 4.87. The van der Waals surface area contributed by atoms with Crippen LogP contribution in [0.5, 0.6) is 0 Å². The summed E-state index contributed by atoms with van der Waals surface area (Å²) in [7, 11) is 0. The number of nitrogens with one attached hydrogen (secondary N) is 1. The lowest BCUT2D eigenvalue weighted by Gasteiger charge is -2.18. The van der Waals surface area contributed by atoms with Gasteiger partial charge in [-0.05, 0) is 109 Å². The van der Waals surface area contributed by atoms with Crippen LogP contribution in [0.4, 0.5) is 0 Å². The topological polar surface area (TPSA) is 119 Å². The molecule has 1 amide bonds. The Morgan fingerprint density at radius 3 is 1.63 bits per heavy atom. The molecular weight excluding hydrogens is 636 g/mol. The van der Waals surface area contributed by atoms with Crippen LogP contribution >= 0.6 is 0 Å². The minimum Gasteiger partial charge on any atom is -0.480 e. The van der Waals surface area contributed by atoms with Crippen molar-refractivity contribution in [3.8, 4) is 0 Å². The van der Waals surface area contributed by atoms with Crippen molar-refractivity contribution in [3.63, 3.8) is 0 Å². The van der Waals surface area contributed by atoms with Gasteiger partial charge in [0.1, 0.15) is 12.1 Å².